The molecule has 0 saturated heterocycles. The van der Waals surface area contributed by atoms with E-state index in [2.05, 4.69) is 5.32 Å². The Balaban J connectivity index is 1.75. The average Bonchev–Trinajstić information content (AvgIpc) is 2.83. The molecule has 0 heterocycles. The van der Waals surface area contributed by atoms with E-state index in [-0.39, 0.29) is 17.7 Å². The zero-order valence-corrected chi connectivity index (χ0v) is 19.1. The average molecular weight is 456 g/mol. The van der Waals surface area contributed by atoms with Crippen LogP contribution >= 0.6 is 0 Å². The van der Waals surface area contributed by atoms with Gasteiger partial charge < -0.3 is 19.9 Å². The maximum atomic E-state index is 12.7. The highest BCUT2D eigenvalue weighted by Gasteiger charge is 2.13. The molecule has 0 atom stereocenters. The number of hydrogen-bond donors (Lipinski definition) is 2. The van der Waals surface area contributed by atoms with Crippen LogP contribution in [0.5, 0.6) is 11.5 Å². The lowest BCUT2D eigenvalue weighted by Crippen LogP contribution is -2.14. The molecular weight excluding hydrogens is 432 g/mol. The van der Waals surface area contributed by atoms with Crippen molar-refractivity contribution >= 4 is 23.6 Å². The molecule has 1 amide bonds. The van der Waals surface area contributed by atoms with Crippen LogP contribution in [-0.2, 0) is 11.4 Å². The standard InChI is InChI=1S/C27H24N2O5/c1-17-4-5-18(2)23(12-17)29-26(30)22(15-28)13-20-8-11-24(25(14-20)33-3)34-16-19-6-9-21(10-7-19)27(31)32/h4-14H,16H2,1-3H3,(H,29,30)(H,31,32)/b22-13+. The molecule has 0 radical (unpaired) electrons. The summed E-state index contributed by atoms with van der Waals surface area (Å²) in [4.78, 5) is 23.6. The number of carboxylic acid groups (broad SMARTS) is 1. The predicted molar refractivity (Wildman–Crippen MR) is 129 cm³/mol. The van der Waals surface area contributed by atoms with Gasteiger partial charge in [-0.1, -0.05) is 30.3 Å². The van der Waals surface area contributed by atoms with Crippen molar-refractivity contribution in [3.05, 3.63) is 94.1 Å². The molecule has 0 bridgehead atoms. The highest BCUT2D eigenvalue weighted by Crippen LogP contribution is 2.30. The van der Waals surface area contributed by atoms with Crippen molar-refractivity contribution < 1.29 is 24.2 Å². The second-order valence-electron chi connectivity index (χ2n) is 7.64. The maximum absolute atomic E-state index is 12.7. The SMILES string of the molecule is COc1cc(/C=C(\C#N)C(=O)Nc2cc(C)ccc2C)ccc1OCc1ccc(C(=O)O)cc1. The number of methoxy groups -OCH3 is 1. The molecular formula is C27H24N2O5. The fourth-order valence-electron chi connectivity index (χ4n) is 3.17. The number of benzene rings is 3. The molecule has 172 valence electrons. The maximum Gasteiger partial charge on any atom is 0.335 e. The van der Waals surface area contributed by atoms with E-state index in [0.717, 1.165) is 16.7 Å². The van der Waals surface area contributed by atoms with E-state index in [0.29, 0.717) is 22.7 Å². The molecule has 3 aromatic carbocycles. The van der Waals surface area contributed by atoms with Crippen molar-refractivity contribution in [2.24, 2.45) is 0 Å². The van der Waals surface area contributed by atoms with Crippen LogP contribution in [0.3, 0.4) is 0 Å². The zero-order chi connectivity index (χ0) is 24.7. The van der Waals surface area contributed by atoms with Gasteiger partial charge in [0.15, 0.2) is 11.5 Å². The first-order valence-corrected chi connectivity index (χ1v) is 10.4. The van der Waals surface area contributed by atoms with Gasteiger partial charge in [0.05, 0.1) is 12.7 Å². The van der Waals surface area contributed by atoms with Crippen LogP contribution < -0.4 is 14.8 Å². The van der Waals surface area contributed by atoms with Gasteiger partial charge in [-0.05, 0) is 72.5 Å². The van der Waals surface area contributed by atoms with Gasteiger partial charge in [-0.3, -0.25) is 4.79 Å². The van der Waals surface area contributed by atoms with Crippen molar-refractivity contribution in [1.29, 1.82) is 5.26 Å². The number of ether oxygens (including phenoxy) is 2. The highest BCUT2D eigenvalue weighted by molar-refractivity contribution is 6.10. The lowest BCUT2D eigenvalue weighted by atomic mass is 10.1. The minimum absolute atomic E-state index is 0.0462. The first kappa shape index (κ1) is 24.1. The van der Waals surface area contributed by atoms with Gasteiger partial charge in [-0.15, -0.1) is 0 Å². The fraction of sp³-hybridized carbons (Fsp3) is 0.148. The Kier molecular flexibility index (Phi) is 7.67. The summed E-state index contributed by atoms with van der Waals surface area (Å²) in [6.45, 7) is 4.03. The predicted octanol–water partition coefficient (Wildman–Crippen LogP) is 5.13. The summed E-state index contributed by atoms with van der Waals surface area (Å²) >= 11 is 0. The van der Waals surface area contributed by atoms with Crippen LogP contribution in [0.25, 0.3) is 6.08 Å². The third kappa shape index (κ3) is 6.02. The number of nitrogens with one attached hydrogen (secondary N) is 1. The van der Waals surface area contributed by atoms with E-state index in [1.807, 2.05) is 38.1 Å². The molecule has 34 heavy (non-hydrogen) atoms. The minimum atomic E-state index is -0.989. The van der Waals surface area contributed by atoms with Crippen LogP contribution in [0.4, 0.5) is 5.69 Å². The Bertz CT molecular complexity index is 1290. The smallest absolute Gasteiger partial charge is 0.335 e. The monoisotopic (exact) mass is 456 g/mol. The third-order valence-corrected chi connectivity index (χ3v) is 5.10. The molecule has 0 aliphatic carbocycles. The lowest BCUT2D eigenvalue weighted by molar-refractivity contribution is -0.112. The molecule has 0 saturated carbocycles. The van der Waals surface area contributed by atoms with E-state index < -0.39 is 11.9 Å². The number of rotatable bonds is 8. The number of carboxylic acids is 1. The summed E-state index contributed by atoms with van der Waals surface area (Å²) < 4.78 is 11.2. The zero-order valence-electron chi connectivity index (χ0n) is 19.1. The second-order valence-corrected chi connectivity index (χ2v) is 7.64. The number of aromatic carboxylic acids is 1. The Labute approximate surface area is 197 Å². The van der Waals surface area contributed by atoms with Crippen molar-refractivity contribution in [1.82, 2.24) is 0 Å². The topological polar surface area (TPSA) is 109 Å². The van der Waals surface area contributed by atoms with Crippen LogP contribution in [0, 0.1) is 25.2 Å². The summed E-state index contributed by atoms with van der Waals surface area (Å²) in [5.41, 5.74) is 4.11. The van der Waals surface area contributed by atoms with Gasteiger partial charge >= 0.3 is 5.97 Å². The van der Waals surface area contributed by atoms with Crippen LogP contribution in [-0.4, -0.2) is 24.1 Å². The van der Waals surface area contributed by atoms with Crippen LogP contribution in [0.15, 0.2) is 66.2 Å². The first-order valence-electron chi connectivity index (χ1n) is 10.4. The van der Waals surface area contributed by atoms with E-state index in [1.165, 1.54) is 25.3 Å². The summed E-state index contributed by atoms with van der Waals surface area (Å²) in [5, 5.41) is 21.3. The molecule has 2 N–H and O–H groups in total. The number of carbonyl (C=O) groups excluding carboxylic acids is 1. The first-order chi connectivity index (χ1) is 16.3. The number of carbonyl (C=O) groups is 2. The van der Waals surface area contributed by atoms with Gasteiger partial charge in [-0.25, -0.2) is 4.79 Å². The molecule has 0 unspecified atom stereocenters. The lowest BCUT2D eigenvalue weighted by Gasteiger charge is -2.12. The summed E-state index contributed by atoms with van der Waals surface area (Å²) in [6.07, 6.45) is 1.48. The number of nitrogens with zero attached hydrogens (tertiary/aromatic N) is 1. The van der Waals surface area contributed by atoms with Gasteiger partial charge in [-0.2, -0.15) is 5.26 Å². The van der Waals surface area contributed by atoms with Crippen LogP contribution in [0.1, 0.15) is 32.6 Å². The summed E-state index contributed by atoms with van der Waals surface area (Å²) in [7, 11) is 1.50. The number of anilines is 1. The minimum Gasteiger partial charge on any atom is -0.493 e. The second kappa shape index (κ2) is 10.8. The molecule has 0 aromatic heterocycles. The summed E-state index contributed by atoms with van der Waals surface area (Å²) in [5.74, 6) is -0.582. The van der Waals surface area contributed by atoms with Crippen molar-refractivity contribution in [2.45, 2.75) is 20.5 Å². The van der Waals surface area contributed by atoms with E-state index in [9.17, 15) is 14.9 Å². The Hall–Kier alpha value is -4.57. The summed E-state index contributed by atoms with van der Waals surface area (Å²) in [6, 6.07) is 19.1. The molecule has 0 aliphatic rings. The number of aryl methyl sites for hydroxylation is 2. The molecule has 0 spiro atoms. The fourth-order valence-corrected chi connectivity index (χ4v) is 3.17. The largest absolute Gasteiger partial charge is 0.493 e. The molecule has 7 nitrogen and oxygen atoms in total. The molecule has 0 fully saturated rings. The highest BCUT2D eigenvalue weighted by atomic mass is 16.5. The normalized spacial score (nSPS) is 10.8. The van der Waals surface area contributed by atoms with Gasteiger partial charge in [0.2, 0.25) is 0 Å². The Morgan fingerprint density at radius 3 is 2.41 bits per heavy atom. The Morgan fingerprint density at radius 1 is 1.03 bits per heavy atom. The molecule has 3 aromatic rings. The quantitative estimate of drug-likeness (QED) is 0.359. The van der Waals surface area contributed by atoms with E-state index >= 15 is 0 Å². The van der Waals surface area contributed by atoms with Crippen molar-refractivity contribution in [3.63, 3.8) is 0 Å². The van der Waals surface area contributed by atoms with Crippen LogP contribution in [0.2, 0.25) is 0 Å². The molecule has 0 aliphatic heterocycles. The Morgan fingerprint density at radius 2 is 1.76 bits per heavy atom. The molecule has 3 rings (SSSR count). The number of hydrogen-bond acceptors (Lipinski definition) is 5. The number of amides is 1. The van der Waals surface area contributed by atoms with Gasteiger partial charge in [0, 0.05) is 5.69 Å². The van der Waals surface area contributed by atoms with E-state index in [4.69, 9.17) is 14.6 Å². The molecule has 7 heteroatoms. The van der Waals surface area contributed by atoms with Gasteiger partial charge in [0.25, 0.3) is 5.91 Å². The van der Waals surface area contributed by atoms with E-state index in [1.54, 1.807) is 30.3 Å². The number of nitriles is 1. The van der Waals surface area contributed by atoms with Gasteiger partial charge in [0.1, 0.15) is 18.2 Å². The van der Waals surface area contributed by atoms with Crippen molar-refractivity contribution in [2.75, 3.05) is 12.4 Å². The van der Waals surface area contributed by atoms with Crippen molar-refractivity contribution in [3.8, 4) is 17.6 Å². The third-order valence-electron chi connectivity index (χ3n) is 5.10.